The summed E-state index contributed by atoms with van der Waals surface area (Å²) in [7, 11) is 0. The molecular weight excluding hydrogens is 439 g/mol. The van der Waals surface area contributed by atoms with Gasteiger partial charge in [-0.25, -0.2) is 9.89 Å². The third-order valence-corrected chi connectivity index (χ3v) is 5.68. The summed E-state index contributed by atoms with van der Waals surface area (Å²) in [6.07, 6.45) is 0. The van der Waals surface area contributed by atoms with E-state index in [1.807, 2.05) is 18.8 Å². The van der Waals surface area contributed by atoms with Crippen molar-refractivity contribution in [1.29, 1.82) is 5.26 Å². The highest BCUT2D eigenvalue weighted by molar-refractivity contribution is 7.99. The topological polar surface area (TPSA) is 137 Å². The van der Waals surface area contributed by atoms with E-state index in [1.54, 1.807) is 12.1 Å². The van der Waals surface area contributed by atoms with Crippen LogP contribution in [-0.4, -0.2) is 25.0 Å². The number of halogens is 2. The van der Waals surface area contributed by atoms with E-state index in [2.05, 4.69) is 15.3 Å². The number of H-pyrrole nitrogens is 2. The largest absolute Gasteiger partial charge is 0.349 e. The predicted molar refractivity (Wildman–Crippen MR) is 108 cm³/mol. The first-order valence-corrected chi connectivity index (χ1v) is 9.69. The molecule has 29 heavy (non-hydrogen) atoms. The minimum Gasteiger partial charge on any atom is -0.270 e. The lowest BCUT2D eigenvalue weighted by Gasteiger charge is -2.11. The van der Waals surface area contributed by atoms with Crippen molar-refractivity contribution in [3.63, 3.8) is 0 Å². The monoisotopic (exact) mass is 450 g/mol. The van der Waals surface area contributed by atoms with Gasteiger partial charge in [0.25, 0.3) is 11.1 Å². The van der Waals surface area contributed by atoms with Crippen molar-refractivity contribution in [2.45, 2.75) is 29.7 Å². The fourth-order valence-corrected chi connectivity index (χ4v) is 3.91. The van der Waals surface area contributed by atoms with Gasteiger partial charge in [-0.05, 0) is 24.1 Å². The van der Waals surface area contributed by atoms with Crippen molar-refractivity contribution in [1.82, 2.24) is 25.0 Å². The van der Waals surface area contributed by atoms with E-state index in [0.717, 1.165) is 16.4 Å². The Balaban J connectivity index is 2.05. The van der Waals surface area contributed by atoms with Gasteiger partial charge in [-0.2, -0.15) is 15.0 Å². The van der Waals surface area contributed by atoms with Gasteiger partial charge in [-0.3, -0.25) is 14.6 Å². The quantitative estimate of drug-likeness (QED) is 0.622. The third kappa shape index (κ3) is 4.27. The molecule has 0 aliphatic carbocycles. The van der Waals surface area contributed by atoms with Crippen molar-refractivity contribution in [3.8, 4) is 11.8 Å². The molecule has 0 saturated carbocycles. The third-order valence-electron chi connectivity index (χ3n) is 3.80. The summed E-state index contributed by atoms with van der Waals surface area (Å²) in [4.78, 5) is 37.8. The predicted octanol–water partition coefficient (Wildman–Crippen LogP) is 2.46. The van der Waals surface area contributed by atoms with Crippen LogP contribution in [0.25, 0.3) is 5.69 Å². The van der Waals surface area contributed by atoms with E-state index in [4.69, 9.17) is 28.5 Å². The van der Waals surface area contributed by atoms with Crippen molar-refractivity contribution in [3.05, 3.63) is 70.7 Å². The van der Waals surface area contributed by atoms with Crippen LogP contribution in [0.2, 0.25) is 10.0 Å². The van der Waals surface area contributed by atoms with E-state index in [1.165, 1.54) is 12.1 Å². The minimum atomic E-state index is -0.886. The van der Waals surface area contributed by atoms with Crippen LogP contribution in [0.3, 0.4) is 0 Å². The highest BCUT2D eigenvalue weighted by Gasteiger charge is 2.16. The summed E-state index contributed by atoms with van der Waals surface area (Å²) in [5, 5.41) is 20.0. The first-order valence-electron chi connectivity index (χ1n) is 8.12. The summed E-state index contributed by atoms with van der Waals surface area (Å²) < 4.78 is 0.821. The number of aromatic amines is 2. The van der Waals surface area contributed by atoms with Gasteiger partial charge in [0, 0.05) is 5.56 Å². The second-order valence-corrected chi connectivity index (χ2v) is 7.96. The van der Waals surface area contributed by atoms with Gasteiger partial charge >= 0.3 is 5.69 Å². The SMILES string of the molecule is CC(C)c1cc(Sc2c(Cl)cc(-n3nc(C#N)c(=O)[nH]c3=O)cc2Cl)n[nH]c1=O. The number of nitrogens with one attached hydrogen (secondary N) is 2. The van der Waals surface area contributed by atoms with Crippen LogP contribution in [0.5, 0.6) is 0 Å². The van der Waals surface area contributed by atoms with E-state index in [0.29, 0.717) is 15.5 Å². The molecule has 0 aliphatic rings. The molecule has 2 aromatic heterocycles. The average molecular weight is 451 g/mol. The molecule has 3 rings (SSSR count). The van der Waals surface area contributed by atoms with Crippen LogP contribution in [-0.2, 0) is 0 Å². The van der Waals surface area contributed by atoms with E-state index in [-0.39, 0.29) is 27.2 Å². The van der Waals surface area contributed by atoms with Gasteiger partial charge < -0.3 is 0 Å². The normalized spacial score (nSPS) is 10.9. The Morgan fingerprint density at radius 1 is 1.14 bits per heavy atom. The second-order valence-electron chi connectivity index (χ2n) is 6.12. The van der Waals surface area contributed by atoms with Gasteiger partial charge in [0.1, 0.15) is 11.1 Å². The summed E-state index contributed by atoms with van der Waals surface area (Å²) in [6.45, 7) is 3.77. The number of hydrogen-bond acceptors (Lipinski definition) is 7. The molecule has 0 spiro atoms. The molecule has 2 N–H and O–H groups in total. The fourth-order valence-electron chi connectivity index (χ4n) is 2.40. The lowest BCUT2D eigenvalue weighted by atomic mass is 10.1. The fraction of sp³-hybridized carbons (Fsp3) is 0.176. The average Bonchev–Trinajstić information content (AvgIpc) is 2.65. The molecule has 0 atom stereocenters. The maximum atomic E-state index is 12.0. The molecule has 1 aromatic carbocycles. The van der Waals surface area contributed by atoms with Gasteiger partial charge in [0.15, 0.2) is 0 Å². The van der Waals surface area contributed by atoms with Crippen molar-refractivity contribution >= 4 is 35.0 Å². The van der Waals surface area contributed by atoms with Crippen LogP contribution in [0.1, 0.15) is 31.0 Å². The Bertz CT molecular complexity index is 1300. The molecule has 3 aromatic rings. The molecular formula is C17H12Cl2N6O3S. The number of nitrogens with zero attached hydrogens (tertiary/aromatic N) is 4. The van der Waals surface area contributed by atoms with Crippen LogP contribution in [0, 0.1) is 11.3 Å². The molecule has 0 radical (unpaired) electrons. The highest BCUT2D eigenvalue weighted by Crippen LogP contribution is 2.39. The van der Waals surface area contributed by atoms with Gasteiger partial charge in [-0.1, -0.05) is 48.8 Å². The molecule has 148 valence electrons. The van der Waals surface area contributed by atoms with Crippen molar-refractivity contribution in [2.24, 2.45) is 0 Å². The number of benzene rings is 1. The van der Waals surface area contributed by atoms with Crippen LogP contribution < -0.4 is 16.8 Å². The van der Waals surface area contributed by atoms with Crippen molar-refractivity contribution in [2.75, 3.05) is 0 Å². The lowest BCUT2D eigenvalue weighted by Crippen LogP contribution is -2.33. The first kappa shape index (κ1) is 20.9. The van der Waals surface area contributed by atoms with E-state index >= 15 is 0 Å². The minimum absolute atomic E-state index is 0.00179. The number of aromatic nitrogens is 5. The Kier molecular flexibility index (Phi) is 5.93. The number of hydrogen-bond donors (Lipinski definition) is 2. The van der Waals surface area contributed by atoms with Gasteiger partial charge in [0.05, 0.1) is 20.6 Å². The zero-order chi connectivity index (χ0) is 21.3. The summed E-state index contributed by atoms with van der Waals surface area (Å²) in [5.41, 5.74) is -1.74. The summed E-state index contributed by atoms with van der Waals surface area (Å²) in [5.74, 6) is 0.00179. The van der Waals surface area contributed by atoms with E-state index in [9.17, 15) is 14.4 Å². The zero-order valence-electron chi connectivity index (χ0n) is 15.0. The molecule has 0 unspecified atom stereocenters. The molecule has 12 heteroatoms. The molecule has 0 bridgehead atoms. The standard InChI is InChI=1S/C17H12Cl2N6O3S/c1-7(2)9-5-13(22-23-15(9)26)29-14-10(18)3-8(4-11(14)19)25-17(28)21-16(27)12(6-20)24-25/h3-5,7H,1-2H3,(H,23,26)(H,21,27,28). The smallest absolute Gasteiger partial charge is 0.270 e. The molecule has 0 fully saturated rings. The summed E-state index contributed by atoms with van der Waals surface area (Å²) in [6, 6.07) is 6.09. The first-order chi connectivity index (χ1) is 13.7. The molecule has 0 aliphatic heterocycles. The van der Waals surface area contributed by atoms with Crippen LogP contribution >= 0.6 is 35.0 Å². The Morgan fingerprint density at radius 3 is 2.38 bits per heavy atom. The Labute approximate surface area is 177 Å². The molecule has 0 amide bonds. The van der Waals surface area contributed by atoms with Crippen LogP contribution in [0.15, 0.2) is 42.5 Å². The highest BCUT2D eigenvalue weighted by atomic mass is 35.5. The number of nitriles is 1. The maximum Gasteiger partial charge on any atom is 0.349 e. The molecule has 9 nitrogen and oxygen atoms in total. The molecule has 0 saturated heterocycles. The zero-order valence-corrected chi connectivity index (χ0v) is 17.3. The molecule has 2 heterocycles. The Morgan fingerprint density at radius 2 is 1.79 bits per heavy atom. The lowest BCUT2D eigenvalue weighted by molar-refractivity contribution is 0.740. The maximum absolute atomic E-state index is 12.0. The Hall–Kier alpha value is -2.87. The van der Waals surface area contributed by atoms with Gasteiger partial charge in [0.2, 0.25) is 5.69 Å². The van der Waals surface area contributed by atoms with E-state index < -0.39 is 16.9 Å². The van der Waals surface area contributed by atoms with Crippen molar-refractivity contribution < 1.29 is 0 Å². The second kappa shape index (κ2) is 8.24. The summed E-state index contributed by atoms with van der Waals surface area (Å²) >= 11 is 13.8. The number of rotatable bonds is 4. The van der Waals surface area contributed by atoms with Crippen LogP contribution in [0.4, 0.5) is 0 Å². The van der Waals surface area contributed by atoms with Gasteiger partial charge in [-0.15, -0.1) is 5.10 Å².